The lowest BCUT2D eigenvalue weighted by Gasteiger charge is -2.16. The van der Waals surface area contributed by atoms with Crippen molar-refractivity contribution in [3.63, 3.8) is 0 Å². The Bertz CT molecular complexity index is 337. The summed E-state index contributed by atoms with van der Waals surface area (Å²) in [5, 5.41) is 8.85. The fourth-order valence-electron chi connectivity index (χ4n) is 1.73. The van der Waals surface area contributed by atoms with E-state index < -0.39 is 0 Å². The van der Waals surface area contributed by atoms with E-state index in [0.29, 0.717) is 6.42 Å². The third-order valence-electron chi connectivity index (χ3n) is 2.62. The lowest BCUT2D eigenvalue weighted by Crippen LogP contribution is -2.13. The molecule has 15 heavy (non-hydrogen) atoms. The third-order valence-corrected chi connectivity index (χ3v) is 2.62. The molecule has 0 heterocycles. The fourth-order valence-corrected chi connectivity index (χ4v) is 1.73. The van der Waals surface area contributed by atoms with Crippen LogP contribution in [0.5, 0.6) is 5.75 Å². The first-order valence-electron chi connectivity index (χ1n) is 5.11. The maximum atomic E-state index is 8.85. The van der Waals surface area contributed by atoms with Crippen molar-refractivity contribution in [3.05, 3.63) is 28.8 Å². The Balaban J connectivity index is 3.04. The van der Waals surface area contributed by atoms with Crippen LogP contribution in [-0.4, -0.2) is 18.8 Å². The molecule has 0 spiro atoms. The van der Waals surface area contributed by atoms with Gasteiger partial charge in [0, 0.05) is 12.6 Å². The number of aliphatic hydroxyl groups excluding tert-OH is 1. The molecule has 1 aromatic rings. The zero-order valence-electron chi connectivity index (χ0n) is 9.58. The van der Waals surface area contributed by atoms with Gasteiger partial charge in [-0.05, 0) is 43.0 Å². The van der Waals surface area contributed by atoms with Crippen LogP contribution in [0, 0.1) is 13.8 Å². The number of rotatable bonds is 4. The zero-order valence-corrected chi connectivity index (χ0v) is 9.58. The van der Waals surface area contributed by atoms with E-state index in [4.69, 9.17) is 15.6 Å². The van der Waals surface area contributed by atoms with Gasteiger partial charge < -0.3 is 15.6 Å². The summed E-state index contributed by atoms with van der Waals surface area (Å²) in [7, 11) is 1.66. The van der Waals surface area contributed by atoms with Gasteiger partial charge in [-0.2, -0.15) is 0 Å². The minimum absolute atomic E-state index is 0.0976. The molecule has 3 nitrogen and oxygen atoms in total. The SMILES string of the molecule is COc1cc(C)c(C(N)CCO)cc1C. The molecule has 1 rings (SSSR count). The number of hydrogen-bond acceptors (Lipinski definition) is 3. The first-order chi connectivity index (χ1) is 7.10. The number of hydrogen-bond donors (Lipinski definition) is 2. The summed E-state index contributed by atoms with van der Waals surface area (Å²) in [6.45, 7) is 4.12. The maximum Gasteiger partial charge on any atom is 0.122 e. The van der Waals surface area contributed by atoms with Crippen LogP contribution in [-0.2, 0) is 0 Å². The molecule has 3 heteroatoms. The first-order valence-corrected chi connectivity index (χ1v) is 5.11. The Kier molecular flexibility index (Phi) is 4.12. The molecule has 0 aliphatic rings. The lowest BCUT2D eigenvalue weighted by molar-refractivity contribution is 0.276. The number of ether oxygens (including phenoxy) is 1. The number of aliphatic hydroxyl groups is 1. The molecule has 0 aromatic heterocycles. The highest BCUT2D eigenvalue weighted by atomic mass is 16.5. The highest BCUT2D eigenvalue weighted by Crippen LogP contribution is 2.26. The van der Waals surface area contributed by atoms with Gasteiger partial charge in [0.25, 0.3) is 0 Å². The molecular weight excluding hydrogens is 190 g/mol. The molecule has 0 aliphatic carbocycles. The van der Waals surface area contributed by atoms with Gasteiger partial charge >= 0.3 is 0 Å². The molecule has 0 saturated carbocycles. The fraction of sp³-hybridized carbons (Fsp3) is 0.500. The van der Waals surface area contributed by atoms with Crippen LogP contribution < -0.4 is 10.5 Å². The third kappa shape index (κ3) is 2.70. The summed E-state index contributed by atoms with van der Waals surface area (Å²) in [6.07, 6.45) is 0.590. The molecule has 3 N–H and O–H groups in total. The predicted molar refractivity (Wildman–Crippen MR) is 61.1 cm³/mol. The summed E-state index contributed by atoms with van der Waals surface area (Å²) in [6, 6.07) is 3.93. The van der Waals surface area contributed by atoms with E-state index in [1.807, 2.05) is 26.0 Å². The minimum Gasteiger partial charge on any atom is -0.496 e. The van der Waals surface area contributed by atoms with Gasteiger partial charge in [0.05, 0.1) is 7.11 Å². The second-order valence-corrected chi connectivity index (χ2v) is 3.80. The maximum absolute atomic E-state index is 8.85. The van der Waals surface area contributed by atoms with Gasteiger partial charge in [-0.1, -0.05) is 6.07 Å². The molecule has 1 atom stereocenters. The summed E-state index contributed by atoms with van der Waals surface area (Å²) in [5.74, 6) is 0.882. The number of methoxy groups -OCH3 is 1. The summed E-state index contributed by atoms with van der Waals surface area (Å²) < 4.78 is 5.23. The van der Waals surface area contributed by atoms with E-state index in [1.165, 1.54) is 0 Å². The van der Waals surface area contributed by atoms with E-state index in [9.17, 15) is 0 Å². The van der Waals surface area contributed by atoms with Gasteiger partial charge in [0.1, 0.15) is 5.75 Å². The summed E-state index contributed by atoms with van der Waals surface area (Å²) >= 11 is 0. The van der Waals surface area contributed by atoms with Gasteiger partial charge in [0.15, 0.2) is 0 Å². The van der Waals surface area contributed by atoms with Crippen LogP contribution in [0.25, 0.3) is 0 Å². The highest BCUT2D eigenvalue weighted by Gasteiger charge is 2.11. The highest BCUT2D eigenvalue weighted by molar-refractivity contribution is 5.42. The standard InChI is InChI=1S/C12H19NO2/c1-8-7-12(15-3)9(2)6-10(8)11(13)4-5-14/h6-7,11,14H,4-5,13H2,1-3H3. The van der Waals surface area contributed by atoms with Crippen molar-refractivity contribution in [3.8, 4) is 5.75 Å². The Hall–Kier alpha value is -1.06. The summed E-state index contributed by atoms with van der Waals surface area (Å²) in [5.41, 5.74) is 9.24. The van der Waals surface area contributed by atoms with Crippen molar-refractivity contribution in [2.24, 2.45) is 5.73 Å². The van der Waals surface area contributed by atoms with Crippen LogP contribution in [0.2, 0.25) is 0 Å². The normalized spacial score (nSPS) is 12.6. The molecular formula is C12H19NO2. The molecule has 84 valence electrons. The van der Waals surface area contributed by atoms with E-state index in [1.54, 1.807) is 7.11 Å². The summed E-state index contributed by atoms with van der Waals surface area (Å²) in [4.78, 5) is 0. The van der Waals surface area contributed by atoms with Gasteiger partial charge in [-0.3, -0.25) is 0 Å². The van der Waals surface area contributed by atoms with E-state index in [-0.39, 0.29) is 12.6 Å². The Morgan fingerprint density at radius 2 is 2.00 bits per heavy atom. The minimum atomic E-state index is -0.0976. The average Bonchev–Trinajstić information content (AvgIpc) is 2.21. The average molecular weight is 209 g/mol. The number of benzene rings is 1. The number of nitrogens with two attached hydrogens (primary N) is 1. The van der Waals surface area contributed by atoms with Crippen molar-refractivity contribution < 1.29 is 9.84 Å². The van der Waals surface area contributed by atoms with Crippen LogP contribution in [0.3, 0.4) is 0 Å². The van der Waals surface area contributed by atoms with Crippen LogP contribution in [0.4, 0.5) is 0 Å². The topological polar surface area (TPSA) is 55.5 Å². The molecule has 1 unspecified atom stereocenters. The van der Waals surface area contributed by atoms with Crippen LogP contribution >= 0.6 is 0 Å². The zero-order chi connectivity index (χ0) is 11.4. The van der Waals surface area contributed by atoms with E-state index in [2.05, 4.69) is 0 Å². The predicted octanol–water partition coefficient (Wildman–Crippen LogP) is 1.69. The van der Waals surface area contributed by atoms with E-state index >= 15 is 0 Å². The van der Waals surface area contributed by atoms with Crippen molar-refractivity contribution in [2.75, 3.05) is 13.7 Å². The van der Waals surface area contributed by atoms with Crippen LogP contribution in [0.15, 0.2) is 12.1 Å². The second kappa shape index (κ2) is 5.14. The molecule has 1 aromatic carbocycles. The van der Waals surface area contributed by atoms with Crippen molar-refractivity contribution in [1.82, 2.24) is 0 Å². The molecule has 0 aliphatic heterocycles. The van der Waals surface area contributed by atoms with Gasteiger partial charge in [-0.25, -0.2) is 0 Å². The Morgan fingerprint density at radius 3 is 2.53 bits per heavy atom. The van der Waals surface area contributed by atoms with Crippen LogP contribution in [0.1, 0.15) is 29.2 Å². The lowest BCUT2D eigenvalue weighted by atomic mass is 9.97. The molecule has 0 radical (unpaired) electrons. The molecule has 0 amide bonds. The van der Waals surface area contributed by atoms with E-state index in [0.717, 1.165) is 22.4 Å². The smallest absolute Gasteiger partial charge is 0.122 e. The van der Waals surface area contributed by atoms with Crippen molar-refractivity contribution in [1.29, 1.82) is 0 Å². The number of aryl methyl sites for hydroxylation is 2. The van der Waals surface area contributed by atoms with Gasteiger partial charge in [0.2, 0.25) is 0 Å². The van der Waals surface area contributed by atoms with Crippen molar-refractivity contribution >= 4 is 0 Å². The van der Waals surface area contributed by atoms with Crippen molar-refractivity contribution in [2.45, 2.75) is 26.3 Å². The monoisotopic (exact) mass is 209 g/mol. The first kappa shape index (κ1) is 12.0. The Morgan fingerprint density at radius 1 is 1.33 bits per heavy atom. The molecule has 0 fully saturated rings. The molecule has 0 saturated heterocycles. The molecule has 0 bridgehead atoms. The Labute approximate surface area is 90.9 Å². The quantitative estimate of drug-likeness (QED) is 0.793. The van der Waals surface area contributed by atoms with Gasteiger partial charge in [-0.15, -0.1) is 0 Å². The largest absolute Gasteiger partial charge is 0.496 e. The second-order valence-electron chi connectivity index (χ2n) is 3.80.